The van der Waals surface area contributed by atoms with E-state index in [9.17, 15) is 0 Å². The number of benzene rings is 5. The zero-order valence-corrected chi connectivity index (χ0v) is 29.2. The predicted octanol–water partition coefficient (Wildman–Crippen LogP) is 11.4. The van der Waals surface area contributed by atoms with Gasteiger partial charge in [0.15, 0.2) is 11.6 Å². The van der Waals surface area contributed by atoms with Crippen molar-refractivity contribution in [2.75, 3.05) is 0 Å². The third-order valence-corrected chi connectivity index (χ3v) is 9.51. The maximum absolute atomic E-state index is 4.58. The number of rotatable bonds is 8. The minimum absolute atomic E-state index is 0.696. The molecule has 0 aliphatic heterocycles. The fraction of sp³-hybridized carbons (Fsp3) is 0. The Labute approximate surface area is 313 Å². The van der Waals surface area contributed by atoms with Gasteiger partial charge in [-0.2, -0.15) is 0 Å². The summed E-state index contributed by atoms with van der Waals surface area (Å²) >= 11 is 0. The average Bonchev–Trinajstić information content (AvgIpc) is 3.27. The fourth-order valence-electron chi connectivity index (χ4n) is 6.76. The molecule has 54 heavy (non-hydrogen) atoms. The van der Waals surface area contributed by atoms with Gasteiger partial charge in [0, 0.05) is 59.4 Å². The molecule has 5 aromatic carbocycles. The zero-order chi connectivity index (χ0) is 36.1. The van der Waals surface area contributed by atoms with Gasteiger partial charge in [0.25, 0.3) is 0 Å². The van der Waals surface area contributed by atoms with Crippen molar-refractivity contribution in [2.24, 2.45) is 0 Å². The molecule has 0 amide bonds. The summed E-state index contributed by atoms with van der Waals surface area (Å²) in [4.78, 5) is 27.1. The molecule has 0 bridgehead atoms. The molecule has 0 spiro atoms. The molecule has 0 aliphatic rings. The lowest BCUT2D eigenvalue weighted by molar-refractivity contribution is 1.18. The molecule has 9 rings (SSSR count). The lowest BCUT2D eigenvalue weighted by atomic mass is 9.85. The Morgan fingerprint density at radius 1 is 0.222 bits per heavy atom. The molecule has 6 heteroatoms. The van der Waals surface area contributed by atoms with Crippen LogP contribution in [0.15, 0.2) is 195 Å². The Morgan fingerprint density at radius 3 is 0.796 bits per heavy atom. The number of nitrogens with zero attached hydrogens (tertiary/aromatic N) is 6. The van der Waals surface area contributed by atoms with Gasteiger partial charge in [-0.25, -0.2) is 19.9 Å². The molecule has 0 saturated heterocycles. The largest absolute Gasteiger partial charge is 0.256 e. The van der Waals surface area contributed by atoms with Crippen molar-refractivity contribution in [1.29, 1.82) is 0 Å². The second kappa shape index (κ2) is 14.7. The molecule has 0 atom stereocenters. The number of hydrogen-bond donors (Lipinski definition) is 0. The van der Waals surface area contributed by atoms with Crippen molar-refractivity contribution in [1.82, 2.24) is 29.9 Å². The Morgan fingerprint density at radius 2 is 0.500 bits per heavy atom. The van der Waals surface area contributed by atoms with Crippen molar-refractivity contribution in [3.8, 4) is 89.8 Å². The van der Waals surface area contributed by atoms with E-state index in [4.69, 9.17) is 0 Å². The van der Waals surface area contributed by atoms with Gasteiger partial charge in [-0.3, -0.25) is 9.97 Å². The second-order valence-electron chi connectivity index (χ2n) is 12.8. The quantitative estimate of drug-likeness (QED) is 0.158. The van der Waals surface area contributed by atoms with E-state index in [1.54, 1.807) is 24.8 Å². The van der Waals surface area contributed by atoms with Crippen LogP contribution in [0.4, 0.5) is 0 Å². The van der Waals surface area contributed by atoms with Crippen LogP contribution >= 0.6 is 0 Å². The summed E-state index contributed by atoms with van der Waals surface area (Å²) in [7, 11) is 0. The molecule has 0 saturated carbocycles. The van der Waals surface area contributed by atoms with Crippen LogP contribution in [-0.2, 0) is 0 Å². The maximum atomic E-state index is 4.58. The van der Waals surface area contributed by atoms with Gasteiger partial charge in [0.2, 0.25) is 0 Å². The summed E-state index contributed by atoms with van der Waals surface area (Å²) in [5, 5.41) is 0. The van der Waals surface area contributed by atoms with Gasteiger partial charge >= 0.3 is 0 Å². The van der Waals surface area contributed by atoms with Gasteiger partial charge in [-0.15, -0.1) is 0 Å². The highest BCUT2D eigenvalue weighted by Crippen LogP contribution is 2.43. The first-order valence-electron chi connectivity index (χ1n) is 17.7. The minimum Gasteiger partial charge on any atom is -0.256 e. The first-order chi connectivity index (χ1) is 26.8. The van der Waals surface area contributed by atoms with E-state index in [2.05, 4.69) is 139 Å². The van der Waals surface area contributed by atoms with Crippen LogP contribution in [0.3, 0.4) is 0 Å². The van der Waals surface area contributed by atoms with Crippen molar-refractivity contribution in [3.05, 3.63) is 195 Å². The van der Waals surface area contributed by atoms with Crippen molar-refractivity contribution >= 4 is 0 Å². The first kappa shape index (κ1) is 32.5. The summed E-state index contributed by atoms with van der Waals surface area (Å²) in [6, 6.07) is 54.7. The van der Waals surface area contributed by atoms with Crippen LogP contribution < -0.4 is 0 Å². The van der Waals surface area contributed by atoms with Crippen molar-refractivity contribution in [3.63, 3.8) is 0 Å². The Hall–Kier alpha value is -7.44. The highest BCUT2D eigenvalue weighted by atomic mass is 14.9. The van der Waals surface area contributed by atoms with E-state index >= 15 is 0 Å². The molecule has 0 aliphatic carbocycles. The van der Waals surface area contributed by atoms with E-state index in [1.807, 2.05) is 60.9 Å². The Balaban J connectivity index is 1.23. The summed E-state index contributed by atoms with van der Waals surface area (Å²) in [6.45, 7) is 0. The third kappa shape index (κ3) is 6.67. The zero-order valence-electron chi connectivity index (χ0n) is 29.2. The molecule has 6 nitrogen and oxygen atoms in total. The molecule has 0 radical (unpaired) electrons. The van der Waals surface area contributed by atoms with E-state index in [1.165, 1.54) is 0 Å². The van der Waals surface area contributed by atoms with E-state index in [-0.39, 0.29) is 0 Å². The van der Waals surface area contributed by atoms with Gasteiger partial charge in [0.05, 0.1) is 11.4 Å². The molecule has 4 aromatic heterocycles. The molecule has 0 unspecified atom stereocenters. The van der Waals surface area contributed by atoms with Crippen LogP contribution in [0.5, 0.6) is 0 Å². The molecule has 9 aromatic rings. The molecular formula is C48H32N6. The van der Waals surface area contributed by atoms with Gasteiger partial charge < -0.3 is 0 Å². The lowest BCUT2D eigenvalue weighted by Crippen LogP contribution is -1.94. The molecule has 0 N–H and O–H groups in total. The normalized spacial score (nSPS) is 11.0. The van der Waals surface area contributed by atoms with Crippen LogP contribution in [0.25, 0.3) is 89.8 Å². The van der Waals surface area contributed by atoms with E-state index < -0.39 is 0 Å². The monoisotopic (exact) mass is 692 g/mol. The summed E-state index contributed by atoms with van der Waals surface area (Å²) < 4.78 is 0. The standard InChI is InChI=1S/C48H32N6/c1-3-25-49-45(7-1)37-17-9-33(10-18-37)41-31-42(34-11-19-38(20-12-34)46-8-2-4-26-50-46)44(36-15-23-40(24-16-36)48-53-29-6-30-54-48)32-43(41)35-13-21-39(22-14-35)47-51-27-5-28-52-47/h1-32H. The maximum Gasteiger partial charge on any atom is 0.159 e. The number of aromatic nitrogens is 6. The minimum atomic E-state index is 0.696. The smallest absolute Gasteiger partial charge is 0.159 e. The van der Waals surface area contributed by atoms with Gasteiger partial charge in [-0.1, -0.05) is 109 Å². The van der Waals surface area contributed by atoms with Crippen LogP contribution in [0, 0.1) is 0 Å². The van der Waals surface area contributed by atoms with E-state index in [0.29, 0.717) is 11.6 Å². The van der Waals surface area contributed by atoms with Crippen LogP contribution in [-0.4, -0.2) is 29.9 Å². The van der Waals surface area contributed by atoms with E-state index in [0.717, 1.165) is 78.1 Å². The fourth-order valence-corrected chi connectivity index (χ4v) is 6.76. The first-order valence-corrected chi connectivity index (χ1v) is 17.7. The topological polar surface area (TPSA) is 77.3 Å². The average molecular weight is 693 g/mol. The van der Waals surface area contributed by atoms with Crippen LogP contribution in [0.2, 0.25) is 0 Å². The molecule has 254 valence electrons. The third-order valence-electron chi connectivity index (χ3n) is 9.51. The summed E-state index contributed by atoms with van der Waals surface area (Å²) in [5.74, 6) is 1.39. The van der Waals surface area contributed by atoms with Crippen molar-refractivity contribution < 1.29 is 0 Å². The van der Waals surface area contributed by atoms with Gasteiger partial charge in [0.1, 0.15) is 0 Å². The molecule has 4 heterocycles. The summed E-state index contributed by atoms with van der Waals surface area (Å²) in [6.07, 6.45) is 10.7. The summed E-state index contributed by atoms with van der Waals surface area (Å²) in [5.41, 5.74) is 14.8. The highest BCUT2D eigenvalue weighted by molar-refractivity contribution is 5.96. The number of hydrogen-bond acceptors (Lipinski definition) is 6. The SMILES string of the molecule is c1ccc(-c2ccc(-c3cc(-c4ccc(-c5ccccn5)cc4)c(-c4ccc(-c5ncccn5)cc4)cc3-c3ccc(-c4ncccn4)cc3)cc2)nc1. The number of pyridine rings is 2. The Kier molecular flexibility index (Phi) is 8.81. The second-order valence-corrected chi connectivity index (χ2v) is 12.8. The predicted molar refractivity (Wildman–Crippen MR) is 217 cm³/mol. The highest BCUT2D eigenvalue weighted by Gasteiger charge is 2.18. The Bertz CT molecular complexity index is 2260. The lowest BCUT2D eigenvalue weighted by Gasteiger charge is -2.19. The van der Waals surface area contributed by atoms with Gasteiger partial charge in [-0.05, 0) is 93.0 Å². The molecular weight excluding hydrogens is 661 g/mol. The van der Waals surface area contributed by atoms with Crippen LogP contribution in [0.1, 0.15) is 0 Å². The molecule has 0 fully saturated rings. The van der Waals surface area contributed by atoms with Crippen molar-refractivity contribution in [2.45, 2.75) is 0 Å².